The summed E-state index contributed by atoms with van der Waals surface area (Å²) in [6, 6.07) is 0.831. The Labute approximate surface area is 292 Å². The van der Waals surface area contributed by atoms with E-state index in [4.69, 9.17) is 36.8 Å². The van der Waals surface area contributed by atoms with Gasteiger partial charge in [-0.2, -0.15) is 28.2 Å². The van der Waals surface area contributed by atoms with E-state index in [0.29, 0.717) is 55.4 Å². The van der Waals surface area contributed by atoms with Crippen molar-refractivity contribution in [3.05, 3.63) is 68.4 Å². The molecule has 2 atom stereocenters. The Balaban J connectivity index is 1.28. The molecule has 3 aromatic rings. The van der Waals surface area contributed by atoms with E-state index in [1.54, 1.807) is 14.1 Å². The third kappa shape index (κ3) is 5.96. The third-order valence-electron chi connectivity index (χ3n) is 10.3. The lowest BCUT2D eigenvalue weighted by Gasteiger charge is -2.33. The molecule has 0 saturated carbocycles. The van der Waals surface area contributed by atoms with Crippen LogP contribution in [-0.2, 0) is 37.0 Å². The number of amides is 1. The second kappa shape index (κ2) is 12.7. The Morgan fingerprint density at radius 1 is 1.22 bits per heavy atom. The molecular weight excluding hydrogens is 680 g/mol. The number of halogens is 5. The van der Waals surface area contributed by atoms with Gasteiger partial charge in [0, 0.05) is 56.8 Å². The van der Waals surface area contributed by atoms with Gasteiger partial charge < -0.3 is 25.0 Å². The van der Waals surface area contributed by atoms with Crippen LogP contribution in [0.1, 0.15) is 75.9 Å². The molecule has 0 radical (unpaired) electrons. The summed E-state index contributed by atoms with van der Waals surface area (Å²) in [6.07, 6.45) is -3.14. The SMILES string of the molecule is C=C1CN2CCC[C@@]2(COc2nc3c(c(N4CCCn5nc(C(=O)N(C)C)c(C)c5C4)n2)COC(c2c(F)c(N)cc(Cl)c2C(F)(F)F)C3)C1. The summed E-state index contributed by atoms with van der Waals surface area (Å²) in [4.78, 5) is 28.4. The summed E-state index contributed by atoms with van der Waals surface area (Å²) in [5.41, 5.74) is 6.96. The number of alkyl halides is 3. The van der Waals surface area contributed by atoms with Crippen molar-refractivity contribution in [1.82, 2.24) is 29.5 Å². The maximum atomic E-state index is 15.5. The van der Waals surface area contributed by atoms with Gasteiger partial charge in [0.15, 0.2) is 11.5 Å². The number of nitrogens with zero attached hydrogens (tertiary/aromatic N) is 7. The fourth-order valence-corrected chi connectivity index (χ4v) is 8.21. The van der Waals surface area contributed by atoms with E-state index in [1.165, 1.54) is 4.90 Å². The largest absolute Gasteiger partial charge is 0.461 e. The molecule has 2 N–H and O–H groups in total. The van der Waals surface area contributed by atoms with Crippen LogP contribution in [0.4, 0.5) is 29.1 Å². The van der Waals surface area contributed by atoms with Gasteiger partial charge in [-0.3, -0.25) is 14.4 Å². The van der Waals surface area contributed by atoms with Crippen molar-refractivity contribution in [2.45, 2.75) is 76.5 Å². The number of carbonyl (C=O) groups is 1. The maximum absolute atomic E-state index is 15.5. The first kappa shape index (κ1) is 34.5. The van der Waals surface area contributed by atoms with Gasteiger partial charge in [-0.05, 0) is 45.2 Å². The Kier molecular flexibility index (Phi) is 8.74. The fourth-order valence-electron chi connectivity index (χ4n) is 7.88. The van der Waals surface area contributed by atoms with Crippen LogP contribution in [0.15, 0.2) is 18.2 Å². The van der Waals surface area contributed by atoms with Crippen LogP contribution in [0.25, 0.3) is 0 Å². The van der Waals surface area contributed by atoms with Crippen LogP contribution in [-0.4, -0.2) is 81.3 Å². The van der Waals surface area contributed by atoms with E-state index >= 15 is 4.39 Å². The minimum Gasteiger partial charge on any atom is -0.461 e. The molecular formula is C34H39ClF4N8O3. The van der Waals surface area contributed by atoms with Crippen molar-refractivity contribution in [2.75, 3.05) is 51.0 Å². The van der Waals surface area contributed by atoms with Gasteiger partial charge in [0.2, 0.25) is 0 Å². The first-order chi connectivity index (χ1) is 23.7. The number of ether oxygens (including phenoxy) is 2. The van der Waals surface area contributed by atoms with E-state index in [-0.39, 0.29) is 30.5 Å². The second-order valence-electron chi connectivity index (χ2n) is 13.9. The Morgan fingerprint density at radius 2 is 2.00 bits per heavy atom. The van der Waals surface area contributed by atoms with Crippen LogP contribution in [0.5, 0.6) is 6.01 Å². The number of benzene rings is 1. The van der Waals surface area contributed by atoms with E-state index in [0.717, 1.165) is 55.2 Å². The number of aromatic nitrogens is 4. The lowest BCUT2D eigenvalue weighted by Crippen LogP contribution is -2.43. The molecule has 4 aliphatic heterocycles. The van der Waals surface area contributed by atoms with Crippen molar-refractivity contribution in [1.29, 1.82) is 0 Å². The van der Waals surface area contributed by atoms with E-state index < -0.39 is 39.9 Å². The minimum absolute atomic E-state index is 0.0678. The minimum atomic E-state index is -4.97. The van der Waals surface area contributed by atoms with Crippen LogP contribution < -0.4 is 15.4 Å². The number of anilines is 2. The van der Waals surface area contributed by atoms with Crippen molar-refractivity contribution >= 4 is 29.0 Å². The number of rotatable bonds is 6. The number of aryl methyl sites for hydroxylation is 1. The van der Waals surface area contributed by atoms with Crippen LogP contribution >= 0.6 is 11.6 Å². The van der Waals surface area contributed by atoms with Gasteiger partial charge in [0.25, 0.3) is 5.91 Å². The van der Waals surface area contributed by atoms with Gasteiger partial charge in [-0.25, -0.2) is 4.39 Å². The predicted octanol–water partition coefficient (Wildman–Crippen LogP) is 5.47. The van der Waals surface area contributed by atoms with Gasteiger partial charge >= 0.3 is 12.2 Å². The molecule has 4 aliphatic rings. The van der Waals surface area contributed by atoms with E-state index in [9.17, 15) is 18.0 Å². The average Bonchev–Trinajstić information content (AvgIpc) is 3.62. The summed E-state index contributed by atoms with van der Waals surface area (Å²) < 4.78 is 72.5. The Hall–Kier alpha value is -3.95. The summed E-state index contributed by atoms with van der Waals surface area (Å²) in [6.45, 7) is 9.38. The quantitative estimate of drug-likeness (QED) is 0.201. The maximum Gasteiger partial charge on any atom is 0.418 e. The highest BCUT2D eigenvalue weighted by molar-refractivity contribution is 6.31. The van der Waals surface area contributed by atoms with Gasteiger partial charge in [0.05, 0.1) is 52.5 Å². The van der Waals surface area contributed by atoms with E-state index in [1.807, 2.05) is 16.5 Å². The molecule has 2 aromatic heterocycles. The molecule has 1 unspecified atom stereocenters. The highest BCUT2D eigenvalue weighted by Crippen LogP contribution is 2.46. The van der Waals surface area contributed by atoms with Gasteiger partial charge in [-0.1, -0.05) is 23.8 Å². The molecule has 6 heterocycles. The number of carbonyl (C=O) groups excluding carboxylic acids is 1. The summed E-state index contributed by atoms with van der Waals surface area (Å²) >= 11 is 6.01. The number of hydrogen-bond acceptors (Lipinski definition) is 9. The zero-order valence-corrected chi connectivity index (χ0v) is 28.9. The molecule has 7 rings (SSSR count). The molecule has 2 fully saturated rings. The van der Waals surface area contributed by atoms with Crippen LogP contribution in [0.2, 0.25) is 5.02 Å². The zero-order valence-electron chi connectivity index (χ0n) is 28.2. The molecule has 50 heavy (non-hydrogen) atoms. The number of nitrogens with two attached hydrogens (primary N) is 1. The molecule has 16 heteroatoms. The highest BCUT2D eigenvalue weighted by Gasteiger charge is 2.47. The fraction of sp³-hybridized carbons (Fsp3) is 0.529. The smallest absolute Gasteiger partial charge is 0.418 e. The summed E-state index contributed by atoms with van der Waals surface area (Å²) in [7, 11) is 3.35. The lowest BCUT2D eigenvalue weighted by atomic mass is 9.93. The number of hydrogen-bond donors (Lipinski definition) is 1. The van der Waals surface area contributed by atoms with Gasteiger partial charge in [0.1, 0.15) is 12.4 Å². The third-order valence-corrected chi connectivity index (χ3v) is 10.6. The monoisotopic (exact) mass is 718 g/mol. The molecule has 1 aromatic carbocycles. The molecule has 268 valence electrons. The summed E-state index contributed by atoms with van der Waals surface area (Å²) in [5, 5.41) is 3.91. The second-order valence-corrected chi connectivity index (χ2v) is 14.3. The molecule has 2 saturated heterocycles. The normalized spacial score (nSPS) is 22.3. The Bertz CT molecular complexity index is 1880. The lowest BCUT2D eigenvalue weighted by molar-refractivity contribution is -0.140. The van der Waals surface area contributed by atoms with Crippen LogP contribution in [0.3, 0.4) is 0 Å². The summed E-state index contributed by atoms with van der Waals surface area (Å²) in [5.74, 6) is -0.940. The molecule has 11 nitrogen and oxygen atoms in total. The van der Waals surface area contributed by atoms with Crippen molar-refractivity contribution in [3.8, 4) is 6.01 Å². The molecule has 1 amide bonds. The number of fused-ring (bicyclic) bond motifs is 3. The topological polar surface area (TPSA) is 115 Å². The molecule has 0 bridgehead atoms. The van der Waals surface area contributed by atoms with Crippen LogP contribution in [0, 0.1) is 12.7 Å². The van der Waals surface area contributed by atoms with Crippen molar-refractivity contribution < 1.29 is 31.8 Å². The van der Waals surface area contributed by atoms with Gasteiger partial charge in [-0.15, -0.1) is 0 Å². The molecule has 0 spiro atoms. The van der Waals surface area contributed by atoms with E-state index in [2.05, 4.69) is 16.6 Å². The standard InChI is InChI=1S/C34H39ClF4N8O3/c1-18-13-33(7-5-9-46(33)14-18)17-50-32-41-23-12-25(26-27(34(37,38)39)21(35)11-22(40)28(26)36)49-16-20(23)30(42-32)45-8-6-10-47-24(15-45)19(2)29(43-47)31(48)44(3)4/h11,25H,1,5-10,12-17,40H2,2-4H3/t25?,33-/m0/s1. The average molecular weight is 719 g/mol. The first-order valence-electron chi connectivity index (χ1n) is 16.6. The number of nitrogen functional groups attached to an aromatic ring is 1. The predicted molar refractivity (Wildman–Crippen MR) is 178 cm³/mol. The highest BCUT2D eigenvalue weighted by atomic mass is 35.5. The zero-order chi connectivity index (χ0) is 35.7. The van der Waals surface area contributed by atoms with Crippen molar-refractivity contribution in [3.63, 3.8) is 0 Å². The molecule has 0 aliphatic carbocycles. The first-order valence-corrected chi connectivity index (χ1v) is 17.0. The Morgan fingerprint density at radius 3 is 2.74 bits per heavy atom. The van der Waals surface area contributed by atoms with Crippen molar-refractivity contribution in [2.24, 2.45) is 0 Å².